The Kier molecular flexibility index (Phi) is 4.90. The maximum absolute atomic E-state index is 10.4. The Balaban J connectivity index is 1.30. The molecule has 0 aromatic carbocycles. The Morgan fingerprint density at radius 2 is 1.86 bits per heavy atom. The number of aliphatic hydroxyl groups excluding tert-OH is 1. The first-order valence-electron chi connectivity index (χ1n) is 15.1. The average Bonchev–Trinajstić information content (AvgIpc) is 3.34. The normalized spacial score (nSPS) is 54.3. The van der Waals surface area contributed by atoms with Crippen LogP contribution in [0, 0.1) is 46.3 Å². The lowest BCUT2D eigenvalue weighted by Gasteiger charge is -2.69. The summed E-state index contributed by atoms with van der Waals surface area (Å²) >= 11 is 0. The van der Waals surface area contributed by atoms with E-state index in [1.54, 1.807) is 16.7 Å². The van der Waals surface area contributed by atoms with Crippen LogP contribution < -0.4 is 5.32 Å². The molecule has 0 radical (unpaired) electrons. The lowest BCUT2D eigenvalue weighted by Crippen LogP contribution is -2.77. The van der Waals surface area contributed by atoms with Crippen molar-refractivity contribution in [2.75, 3.05) is 6.61 Å². The van der Waals surface area contributed by atoms with Crippen molar-refractivity contribution in [1.82, 2.24) is 5.32 Å². The van der Waals surface area contributed by atoms with Gasteiger partial charge >= 0.3 is 0 Å². The van der Waals surface area contributed by atoms with Gasteiger partial charge in [0.2, 0.25) is 0 Å². The molecule has 10 atom stereocenters. The number of fused-ring (bicyclic) bond motifs is 2. The summed E-state index contributed by atoms with van der Waals surface area (Å²) in [4.78, 5) is 0. The van der Waals surface area contributed by atoms with Gasteiger partial charge in [0.05, 0.1) is 0 Å². The maximum atomic E-state index is 10.4. The van der Waals surface area contributed by atoms with Crippen molar-refractivity contribution in [2.24, 2.45) is 46.3 Å². The van der Waals surface area contributed by atoms with Gasteiger partial charge in [0.1, 0.15) is 0 Å². The topological polar surface area (TPSA) is 32.3 Å². The molecule has 2 N–H and O–H groups in total. The molecule has 2 nitrogen and oxygen atoms in total. The Bertz CT molecular complexity index is 1020. The Morgan fingerprint density at radius 3 is 2.63 bits per heavy atom. The number of hydrogen-bond acceptors (Lipinski definition) is 2. The van der Waals surface area contributed by atoms with Crippen LogP contribution in [0.1, 0.15) is 105 Å². The fourth-order valence-corrected chi connectivity index (χ4v) is 12.4. The zero-order valence-corrected chi connectivity index (χ0v) is 22.9. The van der Waals surface area contributed by atoms with Crippen LogP contribution in [0.3, 0.4) is 0 Å². The summed E-state index contributed by atoms with van der Waals surface area (Å²) in [6.45, 7) is 14.7. The predicted molar refractivity (Wildman–Crippen MR) is 144 cm³/mol. The molecule has 10 unspecified atom stereocenters. The van der Waals surface area contributed by atoms with Crippen LogP contribution in [-0.2, 0) is 0 Å². The molecule has 2 heteroatoms. The second-order valence-corrected chi connectivity index (χ2v) is 15.0. The number of piperidine rings is 2. The Morgan fingerprint density at radius 1 is 1.06 bits per heavy atom. The van der Waals surface area contributed by atoms with Crippen molar-refractivity contribution >= 4 is 0 Å². The van der Waals surface area contributed by atoms with E-state index in [1.165, 1.54) is 82.6 Å². The minimum atomic E-state index is 0.205. The SMILES string of the molecule is C=C(C)C1CCC2(C)CC(C34CCC5CC6CCC7C(CO)CCC(C3)C67C5(C)N4)=CC(C)=C2C1. The summed E-state index contributed by atoms with van der Waals surface area (Å²) in [5, 5.41) is 15.0. The molecule has 2 aliphatic heterocycles. The molecule has 1 spiro atoms. The van der Waals surface area contributed by atoms with E-state index in [2.05, 4.69) is 45.7 Å². The Hall–Kier alpha value is -0.860. The summed E-state index contributed by atoms with van der Waals surface area (Å²) in [7, 11) is 0. The van der Waals surface area contributed by atoms with Gasteiger partial charge in [-0.1, -0.05) is 36.3 Å². The van der Waals surface area contributed by atoms with Crippen molar-refractivity contribution in [3.63, 3.8) is 0 Å². The molecular formula is C33H49NO. The fraction of sp³-hybridized carbons (Fsp3) is 0.818. The van der Waals surface area contributed by atoms with E-state index < -0.39 is 0 Å². The van der Waals surface area contributed by atoms with E-state index in [0.717, 1.165) is 23.7 Å². The van der Waals surface area contributed by atoms with Crippen LogP contribution in [0.2, 0.25) is 0 Å². The molecule has 7 rings (SSSR count). The zero-order chi connectivity index (χ0) is 24.4. The van der Waals surface area contributed by atoms with Crippen LogP contribution in [0.15, 0.2) is 34.9 Å². The van der Waals surface area contributed by atoms with E-state index in [0.29, 0.717) is 29.3 Å². The summed E-state index contributed by atoms with van der Waals surface area (Å²) < 4.78 is 0. The highest BCUT2D eigenvalue weighted by atomic mass is 16.3. The number of nitrogens with one attached hydrogen (secondary N) is 1. The quantitative estimate of drug-likeness (QED) is 0.418. The van der Waals surface area contributed by atoms with Crippen molar-refractivity contribution in [1.29, 1.82) is 0 Å². The summed E-state index contributed by atoms with van der Waals surface area (Å²) in [5.74, 6) is 4.55. The molecule has 5 aliphatic carbocycles. The minimum Gasteiger partial charge on any atom is -0.396 e. The van der Waals surface area contributed by atoms with E-state index >= 15 is 0 Å². The van der Waals surface area contributed by atoms with Crippen molar-refractivity contribution in [2.45, 2.75) is 116 Å². The number of allylic oxidation sites excluding steroid dienone is 4. The highest BCUT2D eigenvalue weighted by Gasteiger charge is 2.76. The molecular weight excluding hydrogens is 426 g/mol. The third-order valence-electron chi connectivity index (χ3n) is 13.8. The highest BCUT2D eigenvalue weighted by Crippen LogP contribution is 2.77. The van der Waals surface area contributed by atoms with Gasteiger partial charge in [-0.25, -0.2) is 0 Å². The van der Waals surface area contributed by atoms with Gasteiger partial charge in [0.25, 0.3) is 0 Å². The number of rotatable bonds is 3. The zero-order valence-electron chi connectivity index (χ0n) is 22.9. The molecule has 2 bridgehead atoms. The van der Waals surface area contributed by atoms with Gasteiger partial charge in [-0.05, 0) is 150 Å². The first-order valence-corrected chi connectivity index (χ1v) is 15.1. The van der Waals surface area contributed by atoms with Gasteiger partial charge in [-0.2, -0.15) is 0 Å². The van der Waals surface area contributed by atoms with E-state index in [4.69, 9.17) is 0 Å². The molecule has 0 amide bonds. The summed E-state index contributed by atoms with van der Waals surface area (Å²) in [5.41, 5.74) is 7.70. The molecule has 192 valence electrons. The standard InChI is InChI=1S/C33H49NO/c1-20(2)22-10-12-30(4)17-27(14-21(3)29(30)15-22)32-13-11-24-16-25-8-9-28-23(19-35)6-7-26(18-32)33(25,28)31(24,5)34-32/h14,22-26,28,34-35H,1,6-13,15-19H2,2-5H3. The third-order valence-corrected chi connectivity index (χ3v) is 13.8. The maximum Gasteiger partial charge on any atom is 0.0462 e. The van der Waals surface area contributed by atoms with Crippen LogP contribution >= 0.6 is 0 Å². The Labute approximate surface area is 214 Å². The number of hydrogen-bond donors (Lipinski definition) is 2. The van der Waals surface area contributed by atoms with E-state index in [-0.39, 0.29) is 11.1 Å². The third kappa shape index (κ3) is 2.75. The fourth-order valence-electron chi connectivity index (χ4n) is 12.4. The minimum absolute atomic E-state index is 0.205. The van der Waals surface area contributed by atoms with Crippen molar-refractivity contribution in [3.8, 4) is 0 Å². The van der Waals surface area contributed by atoms with Crippen LogP contribution in [0.4, 0.5) is 0 Å². The monoisotopic (exact) mass is 475 g/mol. The van der Waals surface area contributed by atoms with E-state index in [9.17, 15) is 5.11 Å². The highest BCUT2D eigenvalue weighted by molar-refractivity contribution is 5.45. The summed E-state index contributed by atoms with van der Waals surface area (Å²) in [6.07, 6.45) is 18.8. The second kappa shape index (κ2) is 7.37. The molecule has 6 fully saturated rings. The van der Waals surface area contributed by atoms with Gasteiger partial charge in [-0.15, -0.1) is 0 Å². The van der Waals surface area contributed by atoms with Gasteiger partial charge in [0.15, 0.2) is 0 Å². The second-order valence-electron chi connectivity index (χ2n) is 15.0. The van der Waals surface area contributed by atoms with Gasteiger partial charge in [0, 0.05) is 17.7 Å². The molecule has 4 saturated carbocycles. The molecule has 35 heavy (non-hydrogen) atoms. The first-order chi connectivity index (χ1) is 16.7. The van der Waals surface area contributed by atoms with Gasteiger partial charge in [-0.3, -0.25) is 0 Å². The van der Waals surface area contributed by atoms with Crippen LogP contribution in [0.25, 0.3) is 0 Å². The van der Waals surface area contributed by atoms with Crippen LogP contribution in [0.5, 0.6) is 0 Å². The largest absolute Gasteiger partial charge is 0.396 e. The molecule has 0 aromatic heterocycles. The average molecular weight is 476 g/mol. The van der Waals surface area contributed by atoms with Gasteiger partial charge < -0.3 is 10.4 Å². The number of aliphatic hydroxyl groups is 1. The van der Waals surface area contributed by atoms with E-state index in [1.807, 2.05) is 0 Å². The first kappa shape index (κ1) is 23.3. The lowest BCUT2D eigenvalue weighted by molar-refractivity contribution is -0.149. The smallest absolute Gasteiger partial charge is 0.0462 e. The lowest BCUT2D eigenvalue weighted by atomic mass is 9.43. The van der Waals surface area contributed by atoms with Crippen LogP contribution in [-0.4, -0.2) is 22.8 Å². The van der Waals surface area contributed by atoms with Crippen molar-refractivity contribution < 1.29 is 5.11 Å². The molecule has 2 saturated heterocycles. The van der Waals surface area contributed by atoms with Crippen molar-refractivity contribution in [3.05, 3.63) is 34.9 Å². The molecule has 7 aliphatic rings. The molecule has 2 heterocycles. The predicted octanol–water partition coefficient (Wildman–Crippen LogP) is 7.35. The summed E-state index contributed by atoms with van der Waals surface area (Å²) in [6, 6.07) is 0. The molecule has 0 aromatic rings.